The van der Waals surface area contributed by atoms with Crippen molar-refractivity contribution < 1.29 is 24.1 Å². The number of rotatable bonds is 9. The van der Waals surface area contributed by atoms with Crippen LogP contribution in [0.25, 0.3) is 11.4 Å². The molecule has 1 fully saturated rings. The van der Waals surface area contributed by atoms with Crippen LogP contribution < -0.4 is 14.2 Å². The van der Waals surface area contributed by atoms with E-state index in [-0.39, 0.29) is 18.6 Å². The van der Waals surface area contributed by atoms with Gasteiger partial charge < -0.3 is 19.3 Å². The largest absolute Gasteiger partial charge is 0.494 e. The lowest BCUT2D eigenvalue weighted by atomic mass is 9.87. The van der Waals surface area contributed by atoms with Crippen molar-refractivity contribution in [3.63, 3.8) is 0 Å². The number of nitrogens with zero attached hydrogens (tertiary/aromatic N) is 4. The van der Waals surface area contributed by atoms with Gasteiger partial charge >= 0.3 is 5.97 Å². The summed E-state index contributed by atoms with van der Waals surface area (Å²) >= 11 is 0. The topological polar surface area (TPSA) is 109 Å². The number of aromatic nitrogens is 4. The lowest BCUT2D eigenvalue weighted by Gasteiger charge is -2.27. The van der Waals surface area contributed by atoms with E-state index < -0.39 is 5.97 Å². The maximum atomic E-state index is 11.3. The van der Waals surface area contributed by atoms with E-state index in [1.165, 1.54) is 0 Å². The molecular formula is C25H30N4O5. The number of ether oxygens (including phenoxy) is 3. The number of pyridine rings is 1. The van der Waals surface area contributed by atoms with Crippen LogP contribution in [0.2, 0.25) is 0 Å². The van der Waals surface area contributed by atoms with E-state index in [9.17, 15) is 9.90 Å². The van der Waals surface area contributed by atoms with Crippen LogP contribution in [0, 0.1) is 12.8 Å². The van der Waals surface area contributed by atoms with Gasteiger partial charge in [0.05, 0.1) is 30.0 Å². The molecular weight excluding hydrogens is 436 g/mol. The summed E-state index contributed by atoms with van der Waals surface area (Å²) in [6.45, 7) is 4.67. The van der Waals surface area contributed by atoms with Crippen LogP contribution in [-0.2, 0) is 18.4 Å². The number of hydrogen-bond acceptors (Lipinski definition) is 7. The number of carboxylic acids is 1. The molecule has 9 heteroatoms. The molecule has 180 valence electrons. The van der Waals surface area contributed by atoms with Gasteiger partial charge in [-0.2, -0.15) is 0 Å². The van der Waals surface area contributed by atoms with Crippen LogP contribution >= 0.6 is 0 Å². The van der Waals surface area contributed by atoms with Crippen LogP contribution in [0.1, 0.15) is 44.0 Å². The first-order valence-corrected chi connectivity index (χ1v) is 11.6. The Bertz CT molecular complexity index is 1150. The van der Waals surface area contributed by atoms with E-state index in [0.717, 1.165) is 30.0 Å². The molecule has 0 bridgehead atoms. The van der Waals surface area contributed by atoms with Crippen LogP contribution in [0.5, 0.6) is 17.2 Å². The van der Waals surface area contributed by atoms with Crippen LogP contribution in [0.15, 0.2) is 36.4 Å². The minimum absolute atomic E-state index is 0.117. The highest BCUT2D eigenvalue weighted by molar-refractivity contribution is 5.70. The van der Waals surface area contributed by atoms with Gasteiger partial charge in [-0.3, -0.25) is 4.79 Å². The van der Waals surface area contributed by atoms with E-state index >= 15 is 0 Å². The smallest absolute Gasteiger partial charge is 0.306 e. The second-order valence-corrected chi connectivity index (χ2v) is 8.43. The third-order valence-electron chi connectivity index (χ3n) is 5.98. The predicted molar refractivity (Wildman–Crippen MR) is 125 cm³/mol. The van der Waals surface area contributed by atoms with Crippen molar-refractivity contribution in [1.82, 2.24) is 20.0 Å². The molecule has 0 spiro atoms. The molecule has 1 aromatic carbocycles. The summed E-state index contributed by atoms with van der Waals surface area (Å²) in [5.41, 5.74) is 2.82. The van der Waals surface area contributed by atoms with E-state index in [0.29, 0.717) is 42.3 Å². The van der Waals surface area contributed by atoms with Crippen LogP contribution in [0.4, 0.5) is 0 Å². The van der Waals surface area contributed by atoms with Crippen molar-refractivity contribution in [1.29, 1.82) is 0 Å². The van der Waals surface area contributed by atoms with E-state index in [1.807, 2.05) is 57.3 Å². The summed E-state index contributed by atoms with van der Waals surface area (Å²) in [5.74, 6) is 1.01. The quantitative estimate of drug-likeness (QED) is 0.500. The zero-order valence-electron chi connectivity index (χ0n) is 19.7. The summed E-state index contributed by atoms with van der Waals surface area (Å²) in [7, 11) is 1.82. The van der Waals surface area contributed by atoms with Gasteiger partial charge in [0, 0.05) is 13.1 Å². The fraction of sp³-hybridized carbons (Fsp3) is 0.440. The second kappa shape index (κ2) is 10.5. The van der Waals surface area contributed by atoms with Crippen molar-refractivity contribution in [2.45, 2.75) is 52.2 Å². The summed E-state index contributed by atoms with van der Waals surface area (Å²) in [4.78, 5) is 16.0. The number of aryl methyl sites for hydroxylation is 2. The summed E-state index contributed by atoms with van der Waals surface area (Å²) in [6.07, 6.45) is 2.81. The fourth-order valence-electron chi connectivity index (χ4n) is 4.17. The molecule has 2 heterocycles. The lowest BCUT2D eigenvalue weighted by molar-refractivity contribution is -0.143. The van der Waals surface area contributed by atoms with Gasteiger partial charge in [-0.25, -0.2) is 9.67 Å². The molecule has 0 radical (unpaired) electrons. The molecule has 2 aromatic heterocycles. The lowest BCUT2D eigenvalue weighted by Crippen LogP contribution is -2.29. The molecule has 1 saturated carbocycles. The average Bonchev–Trinajstić information content (AvgIpc) is 3.20. The Morgan fingerprint density at radius 3 is 2.71 bits per heavy atom. The third-order valence-corrected chi connectivity index (χ3v) is 5.98. The summed E-state index contributed by atoms with van der Waals surface area (Å²) < 4.78 is 19.3. The zero-order chi connectivity index (χ0) is 24.1. The first-order chi connectivity index (χ1) is 16.4. The third kappa shape index (κ3) is 5.47. The van der Waals surface area contributed by atoms with Crippen molar-refractivity contribution in [2.75, 3.05) is 6.61 Å². The molecule has 0 saturated heterocycles. The average molecular weight is 467 g/mol. The zero-order valence-corrected chi connectivity index (χ0v) is 19.7. The minimum Gasteiger partial charge on any atom is -0.494 e. The van der Waals surface area contributed by atoms with Gasteiger partial charge in [0.25, 0.3) is 0 Å². The number of hydrogen-bond donors (Lipinski definition) is 1. The summed E-state index contributed by atoms with van der Waals surface area (Å²) in [6, 6.07) is 11.2. The molecule has 0 amide bonds. The predicted octanol–water partition coefficient (Wildman–Crippen LogP) is 4.19. The Balaban J connectivity index is 1.47. The molecule has 0 aliphatic heterocycles. The van der Waals surface area contributed by atoms with Crippen molar-refractivity contribution in [2.24, 2.45) is 13.0 Å². The summed E-state index contributed by atoms with van der Waals surface area (Å²) in [5, 5.41) is 17.8. The monoisotopic (exact) mass is 466 g/mol. The van der Waals surface area contributed by atoms with Gasteiger partial charge in [0.2, 0.25) is 0 Å². The molecule has 34 heavy (non-hydrogen) atoms. The Morgan fingerprint density at radius 1 is 1.18 bits per heavy atom. The Morgan fingerprint density at radius 2 is 1.97 bits per heavy atom. The highest BCUT2D eigenvalue weighted by Crippen LogP contribution is 2.31. The molecule has 4 rings (SSSR count). The molecule has 9 nitrogen and oxygen atoms in total. The first kappa shape index (κ1) is 23.5. The number of carboxylic acid groups (broad SMARTS) is 1. The van der Waals surface area contributed by atoms with Gasteiger partial charge in [-0.15, -0.1) is 5.10 Å². The minimum atomic E-state index is -0.750. The van der Waals surface area contributed by atoms with Gasteiger partial charge in [0.1, 0.15) is 35.2 Å². The molecule has 0 unspecified atom stereocenters. The Kier molecular flexibility index (Phi) is 7.30. The molecule has 3 aromatic rings. The standard InChI is InChI=1S/C25H30N4O5/c1-4-32-18-8-6-9-19(14-18)33-15-22-24(27-28-29(22)3)21-11-12-23(16(2)26-21)34-20-10-5-7-17(13-20)25(30)31/h6,8-9,11-12,14,17,20H,4-5,7,10,13,15H2,1-3H3,(H,30,31)/t17-,20-/m0/s1. The van der Waals surface area contributed by atoms with Crippen LogP contribution in [-0.4, -0.2) is 43.8 Å². The number of aliphatic carboxylic acids is 1. The van der Waals surface area contributed by atoms with E-state index in [2.05, 4.69) is 10.3 Å². The fourth-order valence-corrected chi connectivity index (χ4v) is 4.17. The maximum absolute atomic E-state index is 11.3. The van der Waals surface area contributed by atoms with Gasteiger partial charge in [-0.05, 0) is 63.8 Å². The Labute approximate surface area is 198 Å². The highest BCUT2D eigenvalue weighted by atomic mass is 16.5. The van der Waals surface area contributed by atoms with Gasteiger partial charge in [0.15, 0.2) is 0 Å². The van der Waals surface area contributed by atoms with Gasteiger partial charge in [-0.1, -0.05) is 11.3 Å². The van der Waals surface area contributed by atoms with E-state index in [1.54, 1.807) is 4.68 Å². The van der Waals surface area contributed by atoms with Crippen molar-refractivity contribution in [3.05, 3.63) is 47.8 Å². The SMILES string of the molecule is CCOc1cccc(OCc2c(-c3ccc(O[C@H]4CCC[C@H](C(=O)O)C4)c(C)n3)nnn2C)c1. The molecule has 2 atom stereocenters. The van der Waals surface area contributed by atoms with Crippen LogP contribution in [0.3, 0.4) is 0 Å². The van der Waals surface area contributed by atoms with Crippen molar-refractivity contribution >= 4 is 5.97 Å². The number of carbonyl (C=O) groups is 1. The number of benzene rings is 1. The Hall–Kier alpha value is -3.62. The van der Waals surface area contributed by atoms with E-state index in [4.69, 9.17) is 19.2 Å². The highest BCUT2D eigenvalue weighted by Gasteiger charge is 2.28. The second-order valence-electron chi connectivity index (χ2n) is 8.43. The molecule has 1 aliphatic carbocycles. The molecule has 1 N–H and O–H groups in total. The maximum Gasteiger partial charge on any atom is 0.306 e. The normalized spacial score (nSPS) is 17.9. The first-order valence-electron chi connectivity index (χ1n) is 11.6. The molecule has 1 aliphatic rings. The van der Waals surface area contributed by atoms with Crippen molar-refractivity contribution in [3.8, 4) is 28.6 Å².